The van der Waals surface area contributed by atoms with E-state index in [-0.39, 0.29) is 24.1 Å². The van der Waals surface area contributed by atoms with Gasteiger partial charge in [-0.1, -0.05) is 42.5 Å². The topological polar surface area (TPSA) is 87.6 Å². The van der Waals surface area contributed by atoms with Crippen LogP contribution in [0.4, 0.5) is 5.69 Å². The highest BCUT2D eigenvalue weighted by Crippen LogP contribution is 2.25. The lowest BCUT2D eigenvalue weighted by atomic mass is 10.1. The zero-order valence-electron chi connectivity index (χ0n) is 17.3. The zero-order valence-corrected chi connectivity index (χ0v) is 17.3. The van der Waals surface area contributed by atoms with Gasteiger partial charge in [0.2, 0.25) is 5.88 Å². The van der Waals surface area contributed by atoms with Gasteiger partial charge >= 0.3 is 0 Å². The number of benzene rings is 2. The van der Waals surface area contributed by atoms with Gasteiger partial charge in [0.1, 0.15) is 11.6 Å². The standard InChI is InChI=1S/C25H23N3O3/c1-17-22(14-26)24(29)28(16-21-8-5-13-31-21)25(30)23(17)15-27-20-11-9-19(10-12-20)18-6-3-2-4-7-18/h2-4,6-7,9-12,15,21,30H,5,8,13,16H2,1H3. The number of ether oxygens (including phenoxy) is 1. The molecule has 1 N–H and O–H groups in total. The Bertz CT molecular complexity index is 1200. The van der Waals surface area contributed by atoms with Crippen molar-refractivity contribution in [3.8, 4) is 23.1 Å². The highest BCUT2D eigenvalue weighted by Gasteiger charge is 2.22. The first kappa shape index (κ1) is 20.6. The monoisotopic (exact) mass is 413 g/mol. The number of pyridine rings is 1. The van der Waals surface area contributed by atoms with E-state index in [1.165, 1.54) is 10.8 Å². The van der Waals surface area contributed by atoms with Crippen LogP contribution in [0.15, 0.2) is 64.4 Å². The molecule has 1 atom stereocenters. The molecule has 0 radical (unpaired) electrons. The van der Waals surface area contributed by atoms with Crippen LogP contribution in [-0.2, 0) is 11.3 Å². The second-order valence-corrected chi connectivity index (χ2v) is 7.57. The normalized spacial score (nSPS) is 15.9. The van der Waals surface area contributed by atoms with E-state index in [1.807, 2.05) is 60.7 Å². The molecule has 4 rings (SSSR count). The highest BCUT2D eigenvalue weighted by molar-refractivity contribution is 5.87. The third-order valence-electron chi connectivity index (χ3n) is 5.57. The maximum absolute atomic E-state index is 12.7. The van der Waals surface area contributed by atoms with Gasteiger partial charge in [-0.05, 0) is 48.6 Å². The van der Waals surface area contributed by atoms with Gasteiger partial charge in [0.15, 0.2) is 0 Å². The Kier molecular flexibility index (Phi) is 5.96. The van der Waals surface area contributed by atoms with Crippen molar-refractivity contribution in [3.05, 3.63) is 81.6 Å². The Morgan fingerprint density at radius 2 is 1.90 bits per heavy atom. The quantitative estimate of drug-likeness (QED) is 0.631. The number of aromatic nitrogens is 1. The summed E-state index contributed by atoms with van der Waals surface area (Å²) in [6.45, 7) is 2.51. The lowest BCUT2D eigenvalue weighted by Crippen LogP contribution is -2.29. The minimum absolute atomic E-state index is 0.0108. The van der Waals surface area contributed by atoms with Crippen LogP contribution in [0.5, 0.6) is 5.88 Å². The van der Waals surface area contributed by atoms with Crippen molar-refractivity contribution in [2.24, 2.45) is 4.99 Å². The molecule has 1 aromatic heterocycles. The van der Waals surface area contributed by atoms with Crippen molar-refractivity contribution < 1.29 is 9.84 Å². The van der Waals surface area contributed by atoms with Crippen LogP contribution in [0.1, 0.15) is 29.5 Å². The van der Waals surface area contributed by atoms with E-state index in [2.05, 4.69) is 4.99 Å². The molecule has 1 unspecified atom stereocenters. The summed E-state index contributed by atoms with van der Waals surface area (Å²) in [4.78, 5) is 17.2. The Labute approximate surface area is 180 Å². The van der Waals surface area contributed by atoms with Gasteiger partial charge in [-0.15, -0.1) is 0 Å². The first-order valence-electron chi connectivity index (χ1n) is 10.3. The summed E-state index contributed by atoms with van der Waals surface area (Å²) in [5.74, 6) is -0.193. The highest BCUT2D eigenvalue weighted by atomic mass is 16.5. The van der Waals surface area contributed by atoms with Crippen molar-refractivity contribution in [3.63, 3.8) is 0 Å². The van der Waals surface area contributed by atoms with Crippen LogP contribution in [0.3, 0.4) is 0 Å². The molecular weight excluding hydrogens is 390 g/mol. The number of hydrogen-bond donors (Lipinski definition) is 1. The van der Waals surface area contributed by atoms with Crippen molar-refractivity contribution in [1.29, 1.82) is 5.26 Å². The van der Waals surface area contributed by atoms with Crippen molar-refractivity contribution in [2.45, 2.75) is 32.4 Å². The summed E-state index contributed by atoms with van der Waals surface area (Å²) in [6.07, 6.45) is 3.10. The first-order valence-corrected chi connectivity index (χ1v) is 10.3. The van der Waals surface area contributed by atoms with E-state index >= 15 is 0 Å². The molecule has 156 valence electrons. The Balaban J connectivity index is 1.66. The van der Waals surface area contributed by atoms with E-state index < -0.39 is 5.56 Å². The Hall–Kier alpha value is -3.69. The average Bonchev–Trinajstić information content (AvgIpc) is 3.31. The Morgan fingerprint density at radius 1 is 1.19 bits per heavy atom. The predicted octanol–water partition coefficient (Wildman–Crippen LogP) is 4.33. The van der Waals surface area contributed by atoms with E-state index in [4.69, 9.17) is 4.74 Å². The van der Waals surface area contributed by atoms with Gasteiger partial charge < -0.3 is 9.84 Å². The van der Waals surface area contributed by atoms with E-state index in [0.717, 1.165) is 24.0 Å². The van der Waals surface area contributed by atoms with E-state index in [9.17, 15) is 15.2 Å². The van der Waals surface area contributed by atoms with Gasteiger partial charge in [-0.3, -0.25) is 14.4 Å². The average molecular weight is 413 g/mol. The molecule has 2 heterocycles. The number of aromatic hydroxyl groups is 1. The third kappa shape index (κ3) is 4.27. The fraction of sp³-hybridized carbons (Fsp3) is 0.240. The third-order valence-corrected chi connectivity index (χ3v) is 5.57. The van der Waals surface area contributed by atoms with Crippen LogP contribution >= 0.6 is 0 Å². The van der Waals surface area contributed by atoms with Gasteiger partial charge in [0, 0.05) is 12.8 Å². The Morgan fingerprint density at radius 3 is 2.55 bits per heavy atom. The van der Waals surface area contributed by atoms with Crippen LogP contribution < -0.4 is 5.56 Å². The summed E-state index contributed by atoms with van der Waals surface area (Å²) in [5.41, 5.74) is 3.18. The maximum Gasteiger partial charge on any atom is 0.271 e. The largest absolute Gasteiger partial charge is 0.494 e. The molecule has 6 heteroatoms. The molecule has 2 aromatic carbocycles. The molecule has 0 aliphatic carbocycles. The molecule has 31 heavy (non-hydrogen) atoms. The van der Waals surface area contributed by atoms with Crippen molar-refractivity contribution >= 4 is 11.9 Å². The van der Waals surface area contributed by atoms with Gasteiger partial charge in [-0.2, -0.15) is 5.26 Å². The van der Waals surface area contributed by atoms with Gasteiger partial charge in [0.05, 0.1) is 23.9 Å². The number of nitrogens with zero attached hydrogens (tertiary/aromatic N) is 3. The second kappa shape index (κ2) is 8.99. The van der Waals surface area contributed by atoms with Crippen LogP contribution in [0.2, 0.25) is 0 Å². The summed E-state index contributed by atoms with van der Waals surface area (Å²) in [6, 6.07) is 19.8. The fourth-order valence-corrected chi connectivity index (χ4v) is 3.80. The van der Waals surface area contributed by atoms with Gasteiger partial charge in [-0.25, -0.2) is 0 Å². The molecule has 6 nitrogen and oxygen atoms in total. The van der Waals surface area contributed by atoms with Gasteiger partial charge in [0.25, 0.3) is 5.56 Å². The second-order valence-electron chi connectivity index (χ2n) is 7.57. The molecule has 1 fully saturated rings. The fourth-order valence-electron chi connectivity index (χ4n) is 3.80. The summed E-state index contributed by atoms with van der Waals surface area (Å²) < 4.78 is 6.82. The molecule has 1 saturated heterocycles. The van der Waals surface area contributed by atoms with Crippen LogP contribution in [0.25, 0.3) is 11.1 Å². The molecule has 0 amide bonds. The number of rotatable bonds is 5. The summed E-state index contributed by atoms with van der Waals surface area (Å²) >= 11 is 0. The molecule has 0 spiro atoms. The number of hydrogen-bond acceptors (Lipinski definition) is 5. The van der Waals surface area contributed by atoms with Crippen LogP contribution in [-0.4, -0.2) is 28.6 Å². The van der Waals surface area contributed by atoms with Crippen molar-refractivity contribution in [1.82, 2.24) is 4.57 Å². The molecule has 3 aromatic rings. The van der Waals surface area contributed by atoms with Crippen molar-refractivity contribution in [2.75, 3.05) is 6.61 Å². The number of nitriles is 1. The lowest BCUT2D eigenvalue weighted by molar-refractivity contribution is 0.0938. The molecule has 1 aliphatic rings. The SMILES string of the molecule is Cc1c(C=Nc2ccc(-c3ccccc3)cc2)c(O)n(CC2CCCO2)c(=O)c1C#N. The predicted molar refractivity (Wildman–Crippen MR) is 120 cm³/mol. The minimum atomic E-state index is -0.502. The zero-order chi connectivity index (χ0) is 21.8. The molecule has 1 aliphatic heterocycles. The number of aliphatic imine (C=N–C) groups is 1. The lowest BCUT2D eigenvalue weighted by Gasteiger charge is -2.17. The minimum Gasteiger partial charge on any atom is -0.494 e. The maximum atomic E-state index is 12.7. The summed E-state index contributed by atoms with van der Waals surface area (Å²) in [7, 11) is 0. The van der Waals surface area contributed by atoms with E-state index in [0.29, 0.717) is 23.4 Å². The molecule has 0 bridgehead atoms. The summed E-state index contributed by atoms with van der Waals surface area (Å²) in [5, 5.41) is 20.3. The molecular formula is C25H23N3O3. The van der Waals surface area contributed by atoms with E-state index in [1.54, 1.807) is 6.92 Å². The smallest absolute Gasteiger partial charge is 0.271 e. The molecule has 0 saturated carbocycles. The first-order chi connectivity index (χ1) is 15.1. The van der Waals surface area contributed by atoms with Crippen LogP contribution in [0, 0.1) is 18.3 Å².